The Labute approximate surface area is 186 Å². The van der Waals surface area contributed by atoms with Crippen LogP contribution in [-0.2, 0) is 14.8 Å². The summed E-state index contributed by atoms with van der Waals surface area (Å²) in [6.45, 7) is 1.83. The van der Waals surface area contributed by atoms with Crippen molar-refractivity contribution in [3.63, 3.8) is 0 Å². The van der Waals surface area contributed by atoms with Crippen molar-refractivity contribution in [3.8, 4) is 5.75 Å². The summed E-state index contributed by atoms with van der Waals surface area (Å²) < 4.78 is 32.9. The Morgan fingerprint density at radius 3 is 2.35 bits per heavy atom. The van der Waals surface area contributed by atoms with Crippen LogP contribution < -0.4 is 14.8 Å². The van der Waals surface area contributed by atoms with Gasteiger partial charge in [-0.2, -0.15) is 0 Å². The molecule has 0 heterocycles. The van der Waals surface area contributed by atoms with E-state index >= 15 is 0 Å². The average Bonchev–Trinajstić information content (AvgIpc) is 2.75. The Bertz CT molecular complexity index is 1220. The number of anilines is 2. The van der Waals surface area contributed by atoms with E-state index in [9.17, 15) is 13.2 Å². The second-order valence-electron chi connectivity index (χ2n) is 6.66. The summed E-state index contributed by atoms with van der Waals surface area (Å²) in [5, 5.41) is 3.16. The van der Waals surface area contributed by atoms with Gasteiger partial charge in [-0.15, -0.1) is 0 Å². The molecule has 0 unspecified atom stereocenters. The van der Waals surface area contributed by atoms with Gasteiger partial charge in [-0.05, 0) is 61.0 Å². The highest BCUT2D eigenvalue weighted by Crippen LogP contribution is 2.23. The number of hydrogen-bond acceptors (Lipinski definition) is 4. The number of amides is 1. The average molecular weight is 457 g/mol. The zero-order chi connectivity index (χ0) is 22.4. The van der Waals surface area contributed by atoms with Crippen molar-refractivity contribution >= 4 is 45.0 Å². The number of benzene rings is 3. The molecule has 0 saturated carbocycles. The van der Waals surface area contributed by atoms with Gasteiger partial charge in [-0.3, -0.25) is 9.52 Å². The standard InChI is InChI=1S/C23H21ClN2O4S/c1-16-7-9-19(15-21(16)24)26-31(28,29)20-12-10-18(11-13-20)25-23(27)14-8-17-5-3-4-6-22(17)30-2/h3-15,26H,1-2H3,(H,25,27)/b14-8+. The van der Waals surface area contributed by atoms with Crippen molar-refractivity contribution in [1.29, 1.82) is 0 Å². The van der Waals surface area contributed by atoms with Gasteiger partial charge in [0.05, 0.1) is 17.7 Å². The number of ether oxygens (including phenoxy) is 1. The van der Waals surface area contributed by atoms with E-state index in [1.165, 1.54) is 30.3 Å². The van der Waals surface area contributed by atoms with E-state index in [4.69, 9.17) is 16.3 Å². The van der Waals surface area contributed by atoms with Gasteiger partial charge < -0.3 is 10.1 Å². The Balaban J connectivity index is 1.67. The predicted molar refractivity (Wildman–Crippen MR) is 124 cm³/mol. The van der Waals surface area contributed by atoms with Crippen molar-refractivity contribution in [2.24, 2.45) is 0 Å². The molecule has 3 rings (SSSR count). The van der Waals surface area contributed by atoms with Crippen molar-refractivity contribution in [1.82, 2.24) is 0 Å². The smallest absolute Gasteiger partial charge is 0.261 e. The van der Waals surface area contributed by atoms with Crippen molar-refractivity contribution in [2.45, 2.75) is 11.8 Å². The van der Waals surface area contributed by atoms with Crippen LogP contribution in [0.2, 0.25) is 5.02 Å². The summed E-state index contributed by atoms with van der Waals surface area (Å²) in [7, 11) is -2.23. The number of nitrogens with one attached hydrogen (secondary N) is 2. The van der Waals surface area contributed by atoms with E-state index in [1.54, 1.807) is 37.5 Å². The van der Waals surface area contributed by atoms with E-state index in [1.807, 2.05) is 25.1 Å². The molecule has 31 heavy (non-hydrogen) atoms. The lowest BCUT2D eigenvalue weighted by atomic mass is 10.2. The quantitative estimate of drug-likeness (QED) is 0.484. The molecule has 160 valence electrons. The third-order valence-corrected chi connectivity index (χ3v) is 6.21. The Hall–Kier alpha value is -3.29. The zero-order valence-corrected chi connectivity index (χ0v) is 18.5. The molecule has 0 aromatic heterocycles. The molecule has 0 bridgehead atoms. The number of carbonyl (C=O) groups is 1. The highest BCUT2D eigenvalue weighted by atomic mass is 35.5. The Morgan fingerprint density at radius 1 is 1.00 bits per heavy atom. The van der Waals surface area contributed by atoms with Crippen LogP contribution in [0.4, 0.5) is 11.4 Å². The van der Waals surface area contributed by atoms with Crippen LogP contribution >= 0.6 is 11.6 Å². The van der Waals surface area contributed by atoms with Crippen molar-refractivity contribution in [2.75, 3.05) is 17.1 Å². The van der Waals surface area contributed by atoms with Crippen LogP contribution in [0.5, 0.6) is 5.75 Å². The topological polar surface area (TPSA) is 84.5 Å². The summed E-state index contributed by atoms with van der Waals surface area (Å²) in [4.78, 5) is 12.2. The summed E-state index contributed by atoms with van der Waals surface area (Å²) >= 11 is 6.05. The molecule has 2 N–H and O–H groups in total. The molecule has 1 amide bonds. The minimum atomic E-state index is -3.79. The molecule has 0 aliphatic rings. The summed E-state index contributed by atoms with van der Waals surface area (Å²) in [6, 6.07) is 18.1. The van der Waals surface area contributed by atoms with E-state index < -0.39 is 10.0 Å². The maximum absolute atomic E-state index is 12.6. The van der Waals surface area contributed by atoms with E-state index in [-0.39, 0.29) is 10.8 Å². The van der Waals surface area contributed by atoms with Gasteiger partial charge in [0, 0.05) is 22.3 Å². The molecular formula is C23H21ClN2O4S. The van der Waals surface area contributed by atoms with Crippen LogP contribution in [0, 0.1) is 6.92 Å². The normalized spacial score (nSPS) is 11.3. The molecule has 0 radical (unpaired) electrons. The number of hydrogen-bond donors (Lipinski definition) is 2. The third-order valence-electron chi connectivity index (χ3n) is 4.41. The van der Waals surface area contributed by atoms with E-state index in [0.717, 1.165) is 11.1 Å². The van der Waals surface area contributed by atoms with Gasteiger partial charge in [-0.25, -0.2) is 8.42 Å². The first-order valence-electron chi connectivity index (χ1n) is 9.29. The molecule has 0 aliphatic carbocycles. The maximum Gasteiger partial charge on any atom is 0.261 e. The third kappa shape index (κ3) is 5.87. The SMILES string of the molecule is COc1ccccc1/C=C/C(=O)Nc1ccc(S(=O)(=O)Nc2ccc(C)c(Cl)c2)cc1. The molecule has 0 atom stereocenters. The number of rotatable bonds is 7. The molecule has 8 heteroatoms. The molecule has 3 aromatic carbocycles. The molecule has 0 spiro atoms. The maximum atomic E-state index is 12.6. The van der Waals surface area contributed by atoms with E-state index in [2.05, 4.69) is 10.0 Å². The number of sulfonamides is 1. The minimum Gasteiger partial charge on any atom is -0.496 e. The van der Waals surface area contributed by atoms with E-state index in [0.29, 0.717) is 22.1 Å². The first-order chi connectivity index (χ1) is 14.8. The highest BCUT2D eigenvalue weighted by Gasteiger charge is 2.15. The van der Waals surface area contributed by atoms with Crippen LogP contribution in [0.1, 0.15) is 11.1 Å². The highest BCUT2D eigenvalue weighted by molar-refractivity contribution is 7.92. The van der Waals surface area contributed by atoms with Crippen LogP contribution in [0.15, 0.2) is 77.7 Å². The summed E-state index contributed by atoms with van der Waals surface area (Å²) in [6.07, 6.45) is 3.02. The fraction of sp³-hybridized carbons (Fsp3) is 0.0870. The van der Waals surface area contributed by atoms with Gasteiger partial charge in [-0.1, -0.05) is 35.9 Å². The zero-order valence-electron chi connectivity index (χ0n) is 16.9. The fourth-order valence-electron chi connectivity index (χ4n) is 2.74. The van der Waals surface area contributed by atoms with Gasteiger partial charge in [0.2, 0.25) is 5.91 Å². The summed E-state index contributed by atoms with van der Waals surface area (Å²) in [5.41, 5.74) is 2.45. The molecule has 0 fully saturated rings. The van der Waals surface area contributed by atoms with Crippen LogP contribution in [-0.4, -0.2) is 21.4 Å². The predicted octanol–water partition coefficient (Wildman–Crippen LogP) is 5.11. The van der Waals surface area contributed by atoms with Gasteiger partial charge >= 0.3 is 0 Å². The van der Waals surface area contributed by atoms with Gasteiger partial charge in [0.25, 0.3) is 10.0 Å². The number of aryl methyl sites for hydroxylation is 1. The lowest BCUT2D eigenvalue weighted by molar-refractivity contribution is -0.111. The molecule has 3 aromatic rings. The van der Waals surface area contributed by atoms with Crippen molar-refractivity contribution in [3.05, 3.63) is 89.0 Å². The minimum absolute atomic E-state index is 0.0618. The molecule has 0 aliphatic heterocycles. The summed E-state index contributed by atoms with van der Waals surface area (Å²) in [5.74, 6) is 0.303. The van der Waals surface area contributed by atoms with Crippen molar-refractivity contribution < 1.29 is 17.9 Å². The second kappa shape index (κ2) is 9.68. The first kappa shape index (κ1) is 22.4. The molecular weight excluding hydrogens is 436 g/mol. The number of methoxy groups -OCH3 is 1. The number of carbonyl (C=O) groups excluding carboxylic acids is 1. The lowest BCUT2D eigenvalue weighted by Crippen LogP contribution is -2.13. The Morgan fingerprint density at radius 2 is 1.68 bits per heavy atom. The number of para-hydroxylation sites is 1. The number of halogens is 1. The Kier molecular flexibility index (Phi) is 6.99. The molecule has 0 saturated heterocycles. The first-order valence-corrected chi connectivity index (χ1v) is 11.2. The largest absolute Gasteiger partial charge is 0.496 e. The monoisotopic (exact) mass is 456 g/mol. The van der Waals surface area contributed by atoms with Gasteiger partial charge in [0.1, 0.15) is 5.75 Å². The van der Waals surface area contributed by atoms with Crippen LogP contribution in [0.25, 0.3) is 6.08 Å². The second-order valence-corrected chi connectivity index (χ2v) is 8.75. The molecule has 6 nitrogen and oxygen atoms in total. The van der Waals surface area contributed by atoms with Crippen LogP contribution in [0.3, 0.4) is 0 Å². The fourth-order valence-corrected chi connectivity index (χ4v) is 3.97. The van der Waals surface area contributed by atoms with Gasteiger partial charge in [0.15, 0.2) is 0 Å². The lowest BCUT2D eigenvalue weighted by Gasteiger charge is -2.10.